The molecule has 11 rings (SSSR count). The maximum atomic E-state index is 2.44. The van der Waals surface area contributed by atoms with Crippen LogP contribution in [-0.4, -0.2) is 0 Å². The molecule has 0 aliphatic carbocycles. The molecule has 0 radical (unpaired) electrons. The lowest BCUT2D eigenvalue weighted by atomic mass is 9.96. The molecule has 60 heavy (non-hydrogen) atoms. The molecule has 0 atom stereocenters. The Kier molecular flexibility index (Phi) is 9.11. The minimum absolute atomic E-state index is 1.09. The van der Waals surface area contributed by atoms with Gasteiger partial charge in [0.15, 0.2) is 0 Å². The minimum Gasteiger partial charge on any atom is -0.309 e. The molecule has 0 bridgehead atoms. The SMILES string of the molecule is c1ccc(-c2ccc(-c3ccccc3N(c3ccc(-c4cccc(-c5cccc6c5sc5ccccc56)c4)cc3)c3ccccc3-c3ccc4ccccc4c3)cc2)cc1. The molecule has 0 saturated heterocycles. The van der Waals surface area contributed by atoms with Crippen LogP contribution in [0, 0.1) is 0 Å². The van der Waals surface area contributed by atoms with Gasteiger partial charge in [0.2, 0.25) is 0 Å². The maximum Gasteiger partial charge on any atom is 0.0540 e. The van der Waals surface area contributed by atoms with Crippen LogP contribution >= 0.6 is 11.3 Å². The second-order valence-corrected chi connectivity index (χ2v) is 16.3. The zero-order valence-electron chi connectivity index (χ0n) is 32.9. The first-order valence-electron chi connectivity index (χ1n) is 20.5. The Bertz CT molecular complexity index is 3310. The van der Waals surface area contributed by atoms with E-state index in [1.807, 2.05) is 11.3 Å². The zero-order chi connectivity index (χ0) is 39.8. The first kappa shape index (κ1) is 35.6. The van der Waals surface area contributed by atoms with Gasteiger partial charge in [0.25, 0.3) is 0 Å². The Hall–Kier alpha value is -7.52. The topological polar surface area (TPSA) is 3.24 Å². The lowest BCUT2D eigenvalue weighted by molar-refractivity contribution is 1.28. The summed E-state index contributed by atoms with van der Waals surface area (Å²) in [7, 11) is 0. The van der Waals surface area contributed by atoms with E-state index in [9.17, 15) is 0 Å². The average molecular weight is 782 g/mol. The number of hydrogen-bond acceptors (Lipinski definition) is 2. The van der Waals surface area contributed by atoms with E-state index in [1.54, 1.807) is 0 Å². The van der Waals surface area contributed by atoms with Crippen molar-refractivity contribution < 1.29 is 0 Å². The van der Waals surface area contributed by atoms with Crippen LogP contribution in [0.5, 0.6) is 0 Å². The highest BCUT2D eigenvalue weighted by molar-refractivity contribution is 7.26. The van der Waals surface area contributed by atoms with Crippen LogP contribution in [0.2, 0.25) is 0 Å². The Labute approximate surface area is 354 Å². The van der Waals surface area contributed by atoms with Crippen molar-refractivity contribution in [1.82, 2.24) is 0 Å². The standard InChI is InChI=1S/C58H39NS/c1-2-14-40(15-3-1)42-28-31-44(32-29-42)50-20-6-9-25-55(50)59(56-26-10-7-21-51(56)48-33-30-41-16-4-5-17-45(41)39-48)49-36-34-43(35-37-49)46-18-12-19-47(38-46)52-23-13-24-54-53-22-8-11-27-57(53)60-58(52)54/h1-39H. The number of rotatable bonds is 8. The molecule has 1 nitrogen and oxygen atoms in total. The summed E-state index contributed by atoms with van der Waals surface area (Å²) in [5, 5.41) is 5.11. The van der Waals surface area contributed by atoms with Crippen LogP contribution in [0.15, 0.2) is 237 Å². The fourth-order valence-corrected chi connectivity index (χ4v) is 9.95. The van der Waals surface area contributed by atoms with Gasteiger partial charge in [0.05, 0.1) is 11.4 Å². The van der Waals surface area contributed by atoms with Crippen molar-refractivity contribution in [2.45, 2.75) is 0 Å². The predicted octanol–water partition coefficient (Wildman–Crippen LogP) is 17.0. The van der Waals surface area contributed by atoms with Gasteiger partial charge < -0.3 is 4.90 Å². The number of para-hydroxylation sites is 2. The van der Waals surface area contributed by atoms with E-state index in [0.29, 0.717) is 0 Å². The molecule has 282 valence electrons. The summed E-state index contributed by atoms with van der Waals surface area (Å²) in [6, 6.07) is 86.1. The van der Waals surface area contributed by atoms with Gasteiger partial charge in [0.1, 0.15) is 0 Å². The van der Waals surface area contributed by atoms with Gasteiger partial charge in [-0.05, 0) is 97.7 Å². The predicted molar refractivity (Wildman–Crippen MR) is 259 cm³/mol. The number of thiophene rings is 1. The first-order valence-corrected chi connectivity index (χ1v) is 21.3. The lowest BCUT2D eigenvalue weighted by Crippen LogP contribution is -2.12. The quantitative estimate of drug-likeness (QED) is 0.148. The fraction of sp³-hybridized carbons (Fsp3) is 0. The number of anilines is 3. The van der Waals surface area contributed by atoms with Crippen molar-refractivity contribution >= 4 is 59.3 Å². The van der Waals surface area contributed by atoms with Gasteiger partial charge in [-0.2, -0.15) is 0 Å². The molecule has 0 spiro atoms. The van der Waals surface area contributed by atoms with E-state index >= 15 is 0 Å². The molecule has 2 heteroatoms. The zero-order valence-corrected chi connectivity index (χ0v) is 33.7. The van der Waals surface area contributed by atoms with Gasteiger partial charge in [-0.1, -0.05) is 194 Å². The van der Waals surface area contributed by atoms with Crippen molar-refractivity contribution in [3.8, 4) is 55.6 Å². The van der Waals surface area contributed by atoms with Crippen molar-refractivity contribution in [3.05, 3.63) is 237 Å². The highest BCUT2D eigenvalue weighted by Gasteiger charge is 2.21. The highest BCUT2D eigenvalue weighted by atomic mass is 32.1. The largest absolute Gasteiger partial charge is 0.309 e. The molecular weight excluding hydrogens is 743 g/mol. The lowest BCUT2D eigenvalue weighted by Gasteiger charge is -2.30. The van der Waals surface area contributed by atoms with E-state index in [0.717, 1.165) is 22.6 Å². The number of benzene rings is 10. The third-order valence-corrected chi connectivity index (χ3v) is 12.9. The van der Waals surface area contributed by atoms with Crippen LogP contribution < -0.4 is 4.90 Å². The molecule has 1 aromatic heterocycles. The Balaban J connectivity index is 1.03. The number of fused-ring (bicyclic) bond motifs is 4. The number of nitrogens with zero attached hydrogens (tertiary/aromatic N) is 1. The Morgan fingerprint density at radius 3 is 1.58 bits per heavy atom. The maximum absolute atomic E-state index is 2.44. The minimum atomic E-state index is 1.09. The molecule has 0 fully saturated rings. The second-order valence-electron chi connectivity index (χ2n) is 15.3. The molecule has 0 unspecified atom stereocenters. The van der Waals surface area contributed by atoms with E-state index in [1.165, 1.54) is 81.0 Å². The molecule has 0 saturated carbocycles. The third kappa shape index (κ3) is 6.54. The smallest absolute Gasteiger partial charge is 0.0540 e. The van der Waals surface area contributed by atoms with Crippen molar-refractivity contribution in [2.75, 3.05) is 4.90 Å². The van der Waals surface area contributed by atoms with Gasteiger partial charge >= 0.3 is 0 Å². The summed E-state index contributed by atoms with van der Waals surface area (Å²) < 4.78 is 2.66. The van der Waals surface area contributed by atoms with Crippen LogP contribution in [0.3, 0.4) is 0 Å². The fourth-order valence-electron chi connectivity index (χ4n) is 8.71. The normalized spacial score (nSPS) is 11.3. The molecule has 0 aliphatic rings. The summed E-state index contributed by atoms with van der Waals surface area (Å²) in [6.07, 6.45) is 0. The Morgan fingerprint density at radius 1 is 0.283 bits per heavy atom. The van der Waals surface area contributed by atoms with Gasteiger partial charge in [-0.3, -0.25) is 0 Å². The van der Waals surface area contributed by atoms with Crippen LogP contribution in [0.4, 0.5) is 17.1 Å². The van der Waals surface area contributed by atoms with E-state index in [4.69, 9.17) is 0 Å². The van der Waals surface area contributed by atoms with Crippen molar-refractivity contribution in [1.29, 1.82) is 0 Å². The molecule has 0 N–H and O–H groups in total. The first-order chi connectivity index (χ1) is 29.7. The molecular formula is C58H39NS. The van der Waals surface area contributed by atoms with E-state index in [-0.39, 0.29) is 0 Å². The molecule has 10 aromatic carbocycles. The van der Waals surface area contributed by atoms with Crippen LogP contribution in [0.25, 0.3) is 86.6 Å². The third-order valence-electron chi connectivity index (χ3n) is 11.7. The average Bonchev–Trinajstić information content (AvgIpc) is 3.72. The molecule has 0 aliphatic heterocycles. The van der Waals surface area contributed by atoms with Crippen molar-refractivity contribution in [2.24, 2.45) is 0 Å². The summed E-state index contributed by atoms with van der Waals surface area (Å²) in [5.41, 5.74) is 15.3. The monoisotopic (exact) mass is 781 g/mol. The van der Waals surface area contributed by atoms with E-state index in [2.05, 4.69) is 241 Å². The molecule has 0 amide bonds. The van der Waals surface area contributed by atoms with Crippen LogP contribution in [0.1, 0.15) is 0 Å². The number of hydrogen-bond donors (Lipinski definition) is 0. The van der Waals surface area contributed by atoms with Gasteiger partial charge in [-0.15, -0.1) is 11.3 Å². The summed E-state index contributed by atoms with van der Waals surface area (Å²) in [5.74, 6) is 0. The van der Waals surface area contributed by atoms with Crippen molar-refractivity contribution in [3.63, 3.8) is 0 Å². The Morgan fingerprint density at radius 2 is 0.783 bits per heavy atom. The summed E-state index contributed by atoms with van der Waals surface area (Å²) >= 11 is 1.88. The second kappa shape index (κ2) is 15.3. The van der Waals surface area contributed by atoms with Gasteiger partial charge in [-0.25, -0.2) is 0 Å². The van der Waals surface area contributed by atoms with Crippen LogP contribution in [-0.2, 0) is 0 Å². The summed E-state index contributed by atoms with van der Waals surface area (Å²) in [6.45, 7) is 0. The summed E-state index contributed by atoms with van der Waals surface area (Å²) in [4.78, 5) is 2.44. The highest BCUT2D eigenvalue weighted by Crippen LogP contribution is 2.46. The van der Waals surface area contributed by atoms with Gasteiger partial charge in [0, 0.05) is 37.0 Å². The molecule has 1 heterocycles. The van der Waals surface area contributed by atoms with E-state index < -0.39 is 0 Å². The molecule has 11 aromatic rings.